The Kier molecular flexibility index (Phi) is 5.24. The number of imide groups is 1. The molecule has 0 N–H and O–H groups in total. The third kappa shape index (κ3) is 3.30. The molecule has 0 aliphatic carbocycles. The third-order valence-electron chi connectivity index (χ3n) is 4.52. The predicted octanol–water partition coefficient (Wildman–Crippen LogP) is 4.35. The van der Waals surface area contributed by atoms with Gasteiger partial charge in [0.25, 0.3) is 11.8 Å². The summed E-state index contributed by atoms with van der Waals surface area (Å²) < 4.78 is 10.5. The summed E-state index contributed by atoms with van der Waals surface area (Å²) in [5.41, 5.74) is 2.26. The number of halogens is 1. The summed E-state index contributed by atoms with van der Waals surface area (Å²) >= 11 is 6.25. The maximum absolute atomic E-state index is 13.0. The zero-order valence-corrected chi connectivity index (χ0v) is 16.3. The summed E-state index contributed by atoms with van der Waals surface area (Å²) in [7, 11) is 3.03. The molecule has 0 radical (unpaired) electrons. The van der Waals surface area contributed by atoms with E-state index in [4.69, 9.17) is 21.1 Å². The van der Waals surface area contributed by atoms with Gasteiger partial charge in [-0.3, -0.25) is 9.59 Å². The van der Waals surface area contributed by atoms with E-state index in [2.05, 4.69) is 13.8 Å². The fraction of sp³-hybridized carbons (Fsp3) is 0.238. The van der Waals surface area contributed by atoms with Crippen LogP contribution in [0.1, 0.15) is 30.9 Å². The van der Waals surface area contributed by atoms with E-state index in [9.17, 15) is 9.59 Å². The predicted molar refractivity (Wildman–Crippen MR) is 105 cm³/mol. The Bertz CT molecular complexity index is 932. The van der Waals surface area contributed by atoms with Gasteiger partial charge in [-0.05, 0) is 41.3 Å². The quantitative estimate of drug-likeness (QED) is 0.718. The molecule has 27 heavy (non-hydrogen) atoms. The fourth-order valence-corrected chi connectivity index (χ4v) is 3.26. The Hall–Kier alpha value is -2.79. The average Bonchev–Trinajstić information content (AvgIpc) is 2.90. The molecule has 6 heteroatoms. The summed E-state index contributed by atoms with van der Waals surface area (Å²) in [6.07, 6.45) is 0. The number of rotatable bonds is 5. The summed E-state index contributed by atoms with van der Waals surface area (Å²) in [6, 6.07) is 12.3. The molecule has 0 unspecified atom stereocenters. The van der Waals surface area contributed by atoms with E-state index in [0.29, 0.717) is 28.7 Å². The van der Waals surface area contributed by atoms with Gasteiger partial charge in [0, 0.05) is 0 Å². The molecule has 1 heterocycles. The van der Waals surface area contributed by atoms with Gasteiger partial charge in [-0.15, -0.1) is 0 Å². The molecule has 0 bridgehead atoms. The zero-order valence-electron chi connectivity index (χ0n) is 15.6. The summed E-state index contributed by atoms with van der Waals surface area (Å²) in [5.74, 6) is 0.328. The molecule has 0 aromatic heterocycles. The van der Waals surface area contributed by atoms with E-state index in [0.717, 1.165) is 10.5 Å². The molecule has 0 spiro atoms. The lowest BCUT2D eigenvalue weighted by molar-refractivity contribution is -0.119. The van der Waals surface area contributed by atoms with Gasteiger partial charge in [0.05, 0.1) is 25.5 Å². The molecular formula is C21H20ClNO4. The summed E-state index contributed by atoms with van der Waals surface area (Å²) in [4.78, 5) is 26.7. The zero-order chi connectivity index (χ0) is 19.7. The highest BCUT2D eigenvalue weighted by atomic mass is 35.5. The van der Waals surface area contributed by atoms with Crippen LogP contribution in [0.15, 0.2) is 47.5 Å². The minimum atomic E-state index is -0.538. The van der Waals surface area contributed by atoms with E-state index < -0.39 is 11.8 Å². The maximum atomic E-state index is 13.0. The minimum absolute atomic E-state index is 0.111. The average molecular weight is 386 g/mol. The highest BCUT2D eigenvalue weighted by Crippen LogP contribution is 2.38. The lowest BCUT2D eigenvalue weighted by Crippen LogP contribution is -2.31. The molecule has 0 saturated carbocycles. The van der Waals surface area contributed by atoms with Crippen molar-refractivity contribution in [3.63, 3.8) is 0 Å². The molecule has 3 rings (SSSR count). The summed E-state index contributed by atoms with van der Waals surface area (Å²) in [6.45, 7) is 4.16. The number of anilines is 1. The van der Waals surface area contributed by atoms with Crippen LogP contribution in [0, 0.1) is 0 Å². The molecule has 2 aromatic rings. The largest absolute Gasteiger partial charge is 0.493 e. The molecular weight excluding hydrogens is 366 g/mol. The topological polar surface area (TPSA) is 55.8 Å². The lowest BCUT2D eigenvalue weighted by atomic mass is 10.0. The first-order chi connectivity index (χ1) is 12.9. The van der Waals surface area contributed by atoms with Crippen molar-refractivity contribution in [2.45, 2.75) is 19.8 Å². The Balaban J connectivity index is 1.99. The van der Waals surface area contributed by atoms with Crippen molar-refractivity contribution in [1.29, 1.82) is 0 Å². The van der Waals surface area contributed by atoms with Crippen molar-refractivity contribution in [1.82, 2.24) is 0 Å². The normalized spacial score (nSPS) is 14.4. The van der Waals surface area contributed by atoms with Crippen molar-refractivity contribution in [3.05, 3.63) is 58.6 Å². The van der Waals surface area contributed by atoms with Crippen molar-refractivity contribution < 1.29 is 19.1 Å². The second-order valence-electron chi connectivity index (χ2n) is 6.45. The van der Waals surface area contributed by atoms with Crippen LogP contribution in [0.4, 0.5) is 5.69 Å². The van der Waals surface area contributed by atoms with Crippen LogP contribution in [-0.2, 0) is 9.59 Å². The minimum Gasteiger partial charge on any atom is -0.493 e. The lowest BCUT2D eigenvalue weighted by Gasteiger charge is -2.16. The Morgan fingerprint density at radius 2 is 1.52 bits per heavy atom. The van der Waals surface area contributed by atoms with Gasteiger partial charge < -0.3 is 9.47 Å². The van der Waals surface area contributed by atoms with Gasteiger partial charge >= 0.3 is 0 Å². The Morgan fingerprint density at radius 3 is 2.07 bits per heavy atom. The summed E-state index contributed by atoms with van der Waals surface area (Å²) in [5, 5.41) is -0.111. The van der Waals surface area contributed by atoms with E-state index in [-0.39, 0.29) is 10.6 Å². The standard InChI is InChI=1S/C21H20ClNO4/c1-12(2)13-5-8-15(9-6-13)23-20(24)18(19(22)21(23)25)14-7-10-16(26-3)17(11-14)27-4/h5-12H,1-4H3. The smallest absolute Gasteiger partial charge is 0.277 e. The van der Waals surface area contributed by atoms with Crippen LogP contribution in [-0.4, -0.2) is 26.0 Å². The number of hydrogen-bond acceptors (Lipinski definition) is 4. The first-order valence-corrected chi connectivity index (χ1v) is 8.87. The van der Waals surface area contributed by atoms with E-state index >= 15 is 0 Å². The maximum Gasteiger partial charge on any atom is 0.277 e. The van der Waals surface area contributed by atoms with Gasteiger partial charge in [-0.1, -0.05) is 43.6 Å². The van der Waals surface area contributed by atoms with Gasteiger partial charge in [-0.25, -0.2) is 4.90 Å². The van der Waals surface area contributed by atoms with Crippen LogP contribution in [0.3, 0.4) is 0 Å². The number of nitrogens with zero attached hydrogens (tertiary/aromatic N) is 1. The molecule has 1 aliphatic rings. The van der Waals surface area contributed by atoms with E-state index in [1.165, 1.54) is 14.2 Å². The number of benzene rings is 2. The van der Waals surface area contributed by atoms with E-state index in [1.807, 2.05) is 12.1 Å². The number of hydrogen-bond donors (Lipinski definition) is 0. The highest BCUT2D eigenvalue weighted by molar-refractivity contribution is 6.60. The number of carbonyl (C=O) groups is 2. The van der Waals surface area contributed by atoms with Crippen LogP contribution in [0.5, 0.6) is 11.5 Å². The third-order valence-corrected chi connectivity index (χ3v) is 4.87. The second-order valence-corrected chi connectivity index (χ2v) is 6.83. The molecule has 5 nitrogen and oxygen atoms in total. The molecule has 0 fully saturated rings. The number of ether oxygens (including phenoxy) is 2. The van der Waals surface area contributed by atoms with Crippen LogP contribution in [0.2, 0.25) is 0 Å². The molecule has 140 valence electrons. The van der Waals surface area contributed by atoms with Gasteiger partial charge in [0.2, 0.25) is 0 Å². The SMILES string of the molecule is COc1ccc(C2=C(Cl)C(=O)N(c3ccc(C(C)C)cc3)C2=O)cc1OC. The van der Waals surface area contributed by atoms with Gasteiger partial charge in [-0.2, -0.15) is 0 Å². The van der Waals surface area contributed by atoms with Crippen LogP contribution in [0.25, 0.3) is 5.57 Å². The van der Waals surface area contributed by atoms with Gasteiger partial charge in [0.1, 0.15) is 5.03 Å². The Labute approximate surface area is 163 Å². The highest BCUT2D eigenvalue weighted by Gasteiger charge is 2.39. The first-order valence-electron chi connectivity index (χ1n) is 8.50. The number of methoxy groups -OCH3 is 2. The molecule has 1 aliphatic heterocycles. The van der Waals surface area contributed by atoms with Crippen molar-refractivity contribution in [3.8, 4) is 11.5 Å². The van der Waals surface area contributed by atoms with E-state index in [1.54, 1.807) is 30.3 Å². The Morgan fingerprint density at radius 1 is 0.889 bits per heavy atom. The van der Waals surface area contributed by atoms with Crippen molar-refractivity contribution in [2.24, 2.45) is 0 Å². The fourth-order valence-electron chi connectivity index (χ4n) is 2.99. The molecule has 2 aromatic carbocycles. The van der Waals surface area contributed by atoms with Crippen LogP contribution >= 0.6 is 11.6 Å². The second kappa shape index (κ2) is 7.45. The number of amides is 2. The van der Waals surface area contributed by atoms with Crippen LogP contribution < -0.4 is 14.4 Å². The van der Waals surface area contributed by atoms with Gasteiger partial charge in [0.15, 0.2) is 11.5 Å². The first kappa shape index (κ1) is 19.0. The number of carbonyl (C=O) groups excluding carboxylic acids is 2. The molecule has 0 saturated heterocycles. The van der Waals surface area contributed by atoms with Crippen molar-refractivity contribution in [2.75, 3.05) is 19.1 Å². The molecule has 2 amide bonds. The monoisotopic (exact) mass is 385 g/mol. The molecule has 0 atom stereocenters. The van der Waals surface area contributed by atoms with Crippen molar-refractivity contribution >= 4 is 34.7 Å².